The van der Waals surface area contributed by atoms with E-state index >= 15 is 0 Å². The van der Waals surface area contributed by atoms with E-state index in [1.54, 1.807) is 13.8 Å². The number of amides is 1. The summed E-state index contributed by atoms with van der Waals surface area (Å²) in [4.78, 5) is 28.8. The molecule has 2 rings (SSSR count). The molecule has 0 saturated heterocycles. The Labute approximate surface area is 157 Å². The van der Waals surface area contributed by atoms with Crippen molar-refractivity contribution in [3.8, 4) is 5.75 Å². The quantitative estimate of drug-likeness (QED) is 0.746. The summed E-state index contributed by atoms with van der Waals surface area (Å²) >= 11 is 1.26. The van der Waals surface area contributed by atoms with Crippen LogP contribution in [0.25, 0.3) is 0 Å². The van der Waals surface area contributed by atoms with Gasteiger partial charge in [-0.25, -0.2) is 4.98 Å². The summed E-state index contributed by atoms with van der Waals surface area (Å²) in [6.07, 6.45) is -0.530. The van der Waals surface area contributed by atoms with Gasteiger partial charge in [-0.3, -0.25) is 14.9 Å². The minimum atomic E-state index is -0.673. The van der Waals surface area contributed by atoms with Crippen molar-refractivity contribution in [3.05, 3.63) is 40.4 Å². The summed E-state index contributed by atoms with van der Waals surface area (Å²) in [5.74, 6) is 0.448. The van der Waals surface area contributed by atoms with Gasteiger partial charge in [0.2, 0.25) is 0 Å². The van der Waals surface area contributed by atoms with E-state index in [4.69, 9.17) is 4.74 Å². The molecule has 0 aliphatic carbocycles. The molecule has 6 nitrogen and oxygen atoms in total. The summed E-state index contributed by atoms with van der Waals surface area (Å²) in [5.41, 5.74) is 1.92. The van der Waals surface area contributed by atoms with Crippen molar-refractivity contribution >= 4 is 28.3 Å². The fourth-order valence-electron chi connectivity index (χ4n) is 2.24. The van der Waals surface area contributed by atoms with Crippen LogP contribution < -0.4 is 10.1 Å². The van der Waals surface area contributed by atoms with Crippen molar-refractivity contribution in [2.75, 3.05) is 12.4 Å². The monoisotopic (exact) mass is 376 g/mol. The number of esters is 1. The van der Waals surface area contributed by atoms with Crippen molar-refractivity contribution in [2.24, 2.45) is 0 Å². The number of aryl methyl sites for hydroxylation is 1. The van der Waals surface area contributed by atoms with Gasteiger partial charge in [-0.2, -0.15) is 0 Å². The predicted octanol–water partition coefficient (Wildman–Crippen LogP) is 3.70. The molecule has 1 heterocycles. The Kier molecular flexibility index (Phi) is 6.74. The molecule has 7 heteroatoms. The summed E-state index contributed by atoms with van der Waals surface area (Å²) in [6.45, 7) is 7.72. The number of ether oxygens (including phenoxy) is 2. The number of carbonyl (C=O) groups is 2. The van der Waals surface area contributed by atoms with E-state index in [1.165, 1.54) is 24.0 Å². The van der Waals surface area contributed by atoms with Crippen LogP contribution in [0.4, 0.5) is 5.13 Å². The Balaban J connectivity index is 1.96. The number of nitrogens with one attached hydrogen (secondary N) is 1. The largest absolute Gasteiger partial charge is 0.481 e. The third-order valence-corrected chi connectivity index (χ3v) is 4.96. The third-order valence-electron chi connectivity index (χ3n) is 3.88. The number of anilines is 1. The predicted molar refractivity (Wildman–Crippen MR) is 102 cm³/mol. The molecule has 0 radical (unpaired) electrons. The highest BCUT2D eigenvalue weighted by Crippen LogP contribution is 2.24. The average Bonchev–Trinajstić information content (AvgIpc) is 2.94. The maximum Gasteiger partial charge on any atom is 0.310 e. The van der Waals surface area contributed by atoms with Crippen molar-refractivity contribution < 1.29 is 19.1 Å². The molecule has 1 N–H and O–H groups in total. The van der Waals surface area contributed by atoms with Gasteiger partial charge in [-0.15, -0.1) is 11.3 Å². The van der Waals surface area contributed by atoms with E-state index < -0.39 is 6.10 Å². The lowest BCUT2D eigenvalue weighted by molar-refractivity contribution is -0.139. The molecule has 0 aliphatic heterocycles. The Morgan fingerprint density at radius 3 is 2.42 bits per heavy atom. The normalized spacial score (nSPS) is 11.9. The molecule has 1 amide bonds. The molecular weight excluding hydrogens is 352 g/mol. The van der Waals surface area contributed by atoms with Gasteiger partial charge in [-0.1, -0.05) is 26.0 Å². The highest BCUT2D eigenvalue weighted by molar-refractivity contribution is 7.16. The summed E-state index contributed by atoms with van der Waals surface area (Å²) in [5, 5.41) is 3.18. The van der Waals surface area contributed by atoms with Crippen molar-refractivity contribution in [1.29, 1.82) is 0 Å². The van der Waals surface area contributed by atoms with Crippen LogP contribution in [-0.2, 0) is 20.7 Å². The average molecular weight is 376 g/mol. The number of rotatable bonds is 7. The van der Waals surface area contributed by atoms with Gasteiger partial charge in [0.05, 0.1) is 19.2 Å². The van der Waals surface area contributed by atoms with Crippen LogP contribution >= 0.6 is 11.3 Å². The smallest absolute Gasteiger partial charge is 0.310 e. The van der Waals surface area contributed by atoms with Gasteiger partial charge in [-0.05, 0) is 37.5 Å². The van der Waals surface area contributed by atoms with Gasteiger partial charge < -0.3 is 9.47 Å². The molecule has 0 bridgehead atoms. The lowest BCUT2D eigenvalue weighted by atomic mass is 10.0. The first kappa shape index (κ1) is 19.9. The van der Waals surface area contributed by atoms with E-state index in [9.17, 15) is 9.59 Å². The zero-order valence-electron chi connectivity index (χ0n) is 15.7. The fraction of sp³-hybridized carbons (Fsp3) is 0.421. The Hall–Kier alpha value is -2.41. The number of hydrogen-bond donors (Lipinski definition) is 1. The number of benzene rings is 1. The molecule has 0 fully saturated rings. The van der Waals surface area contributed by atoms with E-state index in [1.807, 2.05) is 24.3 Å². The van der Waals surface area contributed by atoms with Crippen LogP contribution in [0.1, 0.15) is 42.8 Å². The minimum absolute atomic E-state index is 0.143. The van der Waals surface area contributed by atoms with Gasteiger partial charge in [0.15, 0.2) is 11.2 Å². The van der Waals surface area contributed by atoms with Crippen LogP contribution in [0.5, 0.6) is 5.75 Å². The first-order chi connectivity index (χ1) is 12.3. The van der Waals surface area contributed by atoms with E-state index in [-0.39, 0.29) is 18.3 Å². The molecular formula is C19H24N2O4S. The number of nitrogens with zero attached hydrogens (tertiary/aromatic N) is 1. The van der Waals surface area contributed by atoms with Crippen LogP contribution in [-0.4, -0.2) is 30.1 Å². The molecule has 140 valence electrons. The molecule has 0 spiro atoms. The topological polar surface area (TPSA) is 77.5 Å². The first-order valence-corrected chi connectivity index (χ1v) is 9.22. The number of aromatic nitrogens is 1. The van der Waals surface area contributed by atoms with Gasteiger partial charge in [0.25, 0.3) is 5.91 Å². The molecule has 2 aromatic rings. The van der Waals surface area contributed by atoms with Crippen molar-refractivity contribution in [2.45, 2.75) is 46.1 Å². The highest BCUT2D eigenvalue weighted by atomic mass is 32.1. The summed E-state index contributed by atoms with van der Waals surface area (Å²) < 4.78 is 10.4. The molecule has 0 saturated carbocycles. The summed E-state index contributed by atoms with van der Waals surface area (Å²) in [6, 6.07) is 7.71. The second-order valence-electron chi connectivity index (χ2n) is 6.25. The fourth-order valence-corrected chi connectivity index (χ4v) is 3.20. The van der Waals surface area contributed by atoms with Crippen molar-refractivity contribution in [1.82, 2.24) is 4.98 Å². The lowest BCUT2D eigenvalue weighted by Crippen LogP contribution is -2.30. The number of thiazole rings is 1. The Morgan fingerprint density at radius 1 is 1.19 bits per heavy atom. The highest BCUT2D eigenvalue weighted by Gasteiger charge is 2.18. The maximum absolute atomic E-state index is 12.3. The SMILES string of the molecule is COC(=O)Cc1sc(NC(=O)C(C)Oc2ccc(C(C)C)cc2)nc1C. The summed E-state index contributed by atoms with van der Waals surface area (Å²) in [7, 11) is 1.34. The van der Waals surface area contributed by atoms with E-state index in [0.717, 1.165) is 4.88 Å². The molecule has 26 heavy (non-hydrogen) atoms. The van der Waals surface area contributed by atoms with Crippen LogP contribution in [0, 0.1) is 6.92 Å². The van der Waals surface area contributed by atoms with E-state index in [2.05, 4.69) is 28.9 Å². The molecule has 0 aliphatic rings. The standard InChI is InChI=1S/C19H24N2O4S/c1-11(2)14-6-8-15(9-7-14)25-13(4)18(23)21-19-20-12(3)16(26-19)10-17(22)24-5/h6-9,11,13H,10H2,1-5H3,(H,20,21,23). The second kappa shape index (κ2) is 8.80. The number of carbonyl (C=O) groups excluding carboxylic acids is 2. The van der Waals surface area contributed by atoms with Gasteiger partial charge in [0, 0.05) is 4.88 Å². The van der Waals surface area contributed by atoms with Gasteiger partial charge in [0.1, 0.15) is 5.75 Å². The zero-order valence-corrected chi connectivity index (χ0v) is 16.5. The van der Waals surface area contributed by atoms with Crippen LogP contribution in [0.15, 0.2) is 24.3 Å². The molecule has 1 aromatic carbocycles. The number of hydrogen-bond acceptors (Lipinski definition) is 6. The zero-order chi connectivity index (χ0) is 19.3. The minimum Gasteiger partial charge on any atom is -0.481 e. The van der Waals surface area contributed by atoms with Crippen LogP contribution in [0.3, 0.4) is 0 Å². The molecule has 1 atom stereocenters. The Bertz CT molecular complexity index is 768. The second-order valence-corrected chi connectivity index (χ2v) is 7.34. The van der Waals surface area contributed by atoms with Crippen LogP contribution in [0.2, 0.25) is 0 Å². The maximum atomic E-state index is 12.3. The number of methoxy groups -OCH3 is 1. The van der Waals surface area contributed by atoms with Gasteiger partial charge >= 0.3 is 5.97 Å². The molecule has 1 aromatic heterocycles. The molecule has 1 unspecified atom stereocenters. The lowest BCUT2D eigenvalue weighted by Gasteiger charge is -2.14. The van der Waals surface area contributed by atoms with Crippen molar-refractivity contribution in [3.63, 3.8) is 0 Å². The Morgan fingerprint density at radius 2 is 1.85 bits per heavy atom. The third kappa shape index (κ3) is 5.29. The van der Waals surface area contributed by atoms with E-state index in [0.29, 0.717) is 22.5 Å². The first-order valence-electron chi connectivity index (χ1n) is 8.40.